The number of hydrogen-bond donors (Lipinski definition) is 1. The smallest absolute Gasteiger partial charge is 0.168 e. The number of aromatic nitrogens is 1. The van der Waals surface area contributed by atoms with Gasteiger partial charge < -0.3 is 10.1 Å². The second-order valence-corrected chi connectivity index (χ2v) is 4.58. The molecule has 0 aromatic carbocycles. The predicted octanol–water partition coefficient (Wildman–Crippen LogP) is 4.11. The Kier molecular flexibility index (Phi) is 7.23. The summed E-state index contributed by atoms with van der Waals surface area (Å²) in [6, 6.07) is 3.87. The lowest BCUT2D eigenvalue weighted by Crippen LogP contribution is -2.15. The van der Waals surface area contributed by atoms with Gasteiger partial charge in [-0.3, -0.25) is 0 Å². The standard InChI is InChI=1S/C15H26N2O/c1-4-7-9-13(5-2)12-17-15-14(18-6-3)10-8-11-16-15/h8,10-11,13H,4-7,9,12H2,1-3H3,(H,16,17). The number of unbranched alkanes of at least 4 members (excludes halogenated alkanes) is 1. The van der Waals surface area contributed by atoms with Crippen molar-refractivity contribution in [1.29, 1.82) is 0 Å². The first-order chi connectivity index (χ1) is 8.81. The molecule has 0 aliphatic rings. The van der Waals surface area contributed by atoms with Gasteiger partial charge in [0.15, 0.2) is 11.6 Å². The molecule has 0 aliphatic carbocycles. The molecule has 0 amide bonds. The van der Waals surface area contributed by atoms with E-state index in [2.05, 4.69) is 24.1 Å². The molecule has 1 heterocycles. The van der Waals surface area contributed by atoms with Crippen LogP contribution in [0.1, 0.15) is 46.5 Å². The van der Waals surface area contributed by atoms with Gasteiger partial charge in [0.25, 0.3) is 0 Å². The topological polar surface area (TPSA) is 34.2 Å². The monoisotopic (exact) mass is 250 g/mol. The van der Waals surface area contributed by atoms with Gasteiger partial charge in [-0.25, -0.2) is 4.98 Å². The highest BCUT2D eigenvalue weighted by Gasteiger charge is 2.08. The van der Waals surface area contributed by atoms with E-state index in [1.54, 1.807) is 6.20 Å². The second kappa shape index (κ2) is 8.78. The summed E-state index contributed by atoms with van der Waals surface area (Å²) in [6.07, 6.45) is 6.88. The fourth-order valence-corrected chi connectivity index (χ4v) is 1.98. The molecule has 1 rings (SSSR count). The van der Waals surface area contributed by atoms with Crippen LogP contribution >= 0.6 is 0 Å². The minimum atomic E-state index is 0.674. The first-order valence-corrected chi connectivity index (χ1v) is 7.13. The average molecular weight is 250 g/mol. The van der Waals surface area contributed by atoms with Gasteiger partial charge in [-0.1, -0.05) is 33.1 Å². The van der Waals surface area contributed by atoms with Crippen LogP contribution in [0.4, 0.5) is 5.82 Å². The SMILES string of the molecule is CCCCC(CC)CNc1ncccc1OCC. The van der Waals surface area contributed by atoms with E-state index in [0.29, 0.717) is 6.61 Å². The zero-order valence-electron chi connectivity index (χ0n) is 11.9. The molecule has 0 spiro atoms. The summed E-state index contributed by atoms with van der Waals surface area (Å²) in [5.74, 6) is 2.45. The number of nitrogens with one attached hydrogen (secondary N) is 1. The molecular formula is C15H26N2O. The molecule has 0 saturated carbocycles. The van der Waals surface area contributed by atoms with Crippen LogP contribution in [0.25, 0.3) is 0 Å². The van der Waals surface area contributed by atoms with Crippen LogP contribution in [-0.2, 0) is 0 Å². The summed E-state index contributed by atoms with van der Waals surface area (Å²) in [6.45, 7) is 8.14. The van der Waals surface area contributed by atoms with Gasteiger partial charge in [0, 0.05) is 12.7 Å². The van der Waals surface area contributed by atoms with Gasteiger partial charge in [-0.2, -0.15) is 0 Å². The van der Waals surface area contributed by atoms with Gasteiger partial charge >= 0.3 is 0 Å². The van der Waals surface area contributed by atoms with Crippen molar-refractivity contribution < 1.29 is 4.74 Å². The summed E-state index contributed by atoms with van der Waals surface area (Å²) in [5, 5.41) is 3.42. The Morgan fingerprint density at radius 1 is 1.33 bits per heavy atom. The fourth-order valence-electron chi connectivity index (χ4n) is 1.98. The highest BCUT2D eigenvalue weighted by Crippen LogP contribution is 2.22. The molecule has 3 nitrogen and oxygen atoms in total. The van der Waals surface area contributed by atoms with Gasteiger partial charge in [-0.15, -0.1) is 0 Å². The number of rotatable bonds is 9. The molecule has 1 aromatic heterocycles. The summed E-state index contributed by atoms with van der Waals surface area (Å²) >= 11 is 0. The van der Waals surface area contributed by atoms with E-state index in [1.807, 2.05) is 19.1 Å². The Morgan fingerprint density at radius 3 is 2.83 bits per heavy atom. The lowest BCUT2D eigenvalue weighted by Gasteiger charge is -2.17. The molecule has 1 unspecified atom stereocenters. The van der Waals surface area contributed by atoms with Crippen molar-refractivity contribution in [3.63, 3.8) is 0 Å². The molecule has 1 aromatic rings. The summed E-state index contributed by atoms with van der Waals surface area (Å²) < 4.78 is 5.56. The first kappa shape index (κ1) is 14.8. The highest BCUT2D eigenvalue weighted by atomic mass is 16.5. The van der Waals surface area contributed by atoms with E-state index in [1.165, 1.54) is 25.7 Å². The van der Waals surface area contributed by atoms with Crippen LogP contribution in [0.5, 0.6) is 5.75 Å². The van der Waals surface area contributed by atoms with Gasteiger partial charge in [0.2, 0.25) is 0 Å². The summed E-state index contributed by atoms with van der Waals surface area (Å²) in [5.41, 5.74) is 0. The van der Waals surface area contributed by atoms with E-state index in [-0.39, 0.29) is 0 Å². The maximum absolute atomic E-state index is 5.56. The van der Waals surface area contributed by atoms with Gasteiger partial charge in [0.1, 0.15) is 0 Å². The van der Waals surface area contributed by atoms with Crippen molar-refractivity contribution in [2.45, 2.75) is 46.5 Å². The number of pyridine rings is 1. The van der Waals surface area contributed by atoms with Crippen LogP contribution in [-0.4, -0.2) is 18.1 Å². The Hall–Kier alpha value is -1.25. The van der Waals surface area contributed by atoms with Crippen molar-refractivity contribution in [2.75, 3.05) is 18.5 Å². The van der Waals surface area contributed by atoms with Crippen molar-refractivity contribution in [3.8, 4) is 5.75 Å². The fraction of sp³-hybridized carbons (Fsp3) is 0.667. The number of anilines is 1. The molecule has 1 atom stereocenters. The lowest BCUT2D eigenvalue weighted by atomic mass is 9.99. The Morgan fingerprint density at radius 2 is 2.17 bits per heavy atom. The maximum atomic E-state index is 5.56. The van der Waals surface area contributed by atoms with E-state index in [0.717, 1.165) is 24.0 Å². The third-order valence-electron chi connectivity index (χ3n) is 3.17. The molecule has 18 heavy (non-hydrogen) atoms. The maximum Gasteiger partial charge on any atom is 0.168 e. The first-order valence-electron chi connectivity index (χ1n) is 7.13. The zero-order valence-corrected chi connectivity index (χ0v) is 11.9. The van der Waals surface area contributed by atoms with Crippen molar-refractivity contribution >= 4 is 5.82 Å². The van der Waals surface area contributed by atoms with Crippen molar-refractivity contribution in [3.05, 3.63) is 18.3 Å². The third-order valence-corrected chi connectivity index (χ3v) is 3.17. The molecule has 0 bridgehead atoms. The lowest BCUT2D eigenvalue weighted by molar-refractivity contribution is 0.340. The quantitative estimate of drug-likeness (QED) is 0.716. The Balaban J connectivity index is 2.50. The van der Waals surface area contributed by atoms with Crippen LogP contribution in [0.15, 0.2) is 18.3 Å². The van der Waals surface area contributed by atoms with Crippen LogP contribution in [0.3, 0.4) is 0 Å². The second-order valence-electron chi connectivity index (χ2n) is 4.58. The molecule has 1 N–H and O–H groups in total. The van der Waals surface area contributed by atoms with Crippen molar-refractivity contribution in [1.82, 2.24) is 4.98 Å². The van der Waals surface area contributed by atoms with E-state index in [9.17, 15) is 0 Å². The Labute approximate surface area is 111 Å². The minimum Gasteiger partial charge on any atom is -0.490 e. The van der Waals surface area contributed by atoms with E-state index >= 15 is 0 Å². The van der Waals surface area contributed by atoms with Crippen LogP contribution < -0.4 is 10.1 Å². The van der Waals surface area contributed by atoms with Gasteiger partial charge in [0.05, 0.1) is 6.61 Å². The molecule has 0 aliphatic heterocycles. The predicted molar refractivity (Wildman–Crippen MR) is 77.2 cm³/mol. The van der Waals surface area contributed by atoms with Crippen LogP contribution in [0, 0.1) is 5.92 Å². The average Bonchev–Trinajstić information content (AvgIpc) is 2.41. The van der Waals surface area contributed by atoms with Crippen LogP contribution in [0.2, 0.25) is 0 Å². The summed E-state index contributed by atoms with van der Waals surface area (Å²) in [4.78, 5) is 4.35. The van der Waals surface area contributed by atoms with E-state index in [4.69, 9.17) is 4.74 Å². The normalized spacial score (nSPS) is 12.2. The van der Waals surface area contributed by atoms with Crippen molar-refractivity contribution in [2.24, 2.45) is 5.92 Å². The molecule has 0 fully saturated rings. The minimum absolute atomic E-state index is 0.674. The molecular weight excluding hydrogens is 224 g/mol. The molecule has 102 valence electrons. The summed E-state index contributed by atoms with van der Waals surface area (Å²) in [7, 11) is 0. The largest absolute Gasteiger partial charge is 0.490 e. The Bertz CT molecular complexity index is 328. The molecule has 3 heteroatoms. The van der Waals surface area contributed by atoms with E-state index < -0.39 is 0 Å². The third kappa shape index (κ3) is 4.94. The molecule has 0 saturated heterocycles. The number of hydrogen-bond acceptors (Lipinski definition) is 3. The van der Waals surface area contributed by atoms with Gasteiger partial charge in [-0.05, 0) is 31.4 Å². The molecule has 0 radical (unpaired) electrons. The number of nitrogens with zero attached hydrogens (tertiary/aromatic N) is 1. The number of ether oxygens (including phenoxy) is 1. The highest BCUT2D eigenvalue weighted by molar-refractivity contribution is 5.49. The zero-order chi connectivity index (χ0) is 13.2.